The van der Waals surface area contributed by atoms with Gasteiger partial charge in [0.25, 0.3) is 0 Å². The number of hydrogen-bond acceptors (Lipinski definition) is 4. The normalized spacial score (nSPS) is 19.5. The summed E-state index contributed by atoms with van der Waals surface area (Å²) in [6, 6.07) is 11.5. The van der Waals surface area contributed by atoms with Gasteiger partial charge in [0.2, 0.25) is 0 Å². The average Bonchev–Trinajstić information content (AvgIpc) is 2.72. The molecule has 0 N–H and O–H groups in total. The number of methoxy groups -OCH3 is 3. The molecule has 152 valence electrons. The van der Waals surface area contributed by atoms with Gasteiger partial charge in [-0.25, -0.2) is 0 Å². The lowest BCUT2D eigenvalue weighted by molar-refractivity contribution is -0.113. The van der Waals surface area contributed by atoms with Crippen LogP contribution in [0.2, 0.25) is 0 Å². The quantitative estimate of drug-likeness (QED) is 0.632. The molecule has 0 radical (unpaired) electrons. The maximum absolute atomic E-state index is 13.3. The third-order valence-electron chi connectivity index (χ3n) is 5.33. The van der Waals surface area contributed by atoms with E-state index in [-0.39, 0.29) is 5.78 Å². The van der Waals surface area contributed by atoms with Crippen LogP contribution in [0.1, 0.15) is 36.5 Å². The van der Waals surface area contributed by atoms with Crippen molar-refractivity contribution < 1.29 is 19.0 Å². The second-order valence-corrected chi connectivity index (χ2v) is 7.45. The van der Waals surface area contributed by atoms with E-state index in [1.165, 1.54) is 0 Å². The van der Waals surface area contributed by atoms with Crippen molar-refractivity contribution in [3.63, 3.8) is 0 Å². The Kier molecular flexibility index (Phi) is 6.42. The molecule has 1 atom stereocenters. The van der Waals surface area contributed by atoms with Gasteiger partial charge in [-0.2, -0.15) is 0 Å². The van der Waals surface area contributed by atoms with Gasteiger partial charge in [0.05, 0.1) is 26.9 Å². The summed E-state index contributed by atoms with van der Waals surface area (Å²) in [4.78, 5) is 13.3. The van der Waals surface area contributed by atoms with Gasteiger partial charge >= 0.3 is 0 Å². The Labute approximate surface area is 172 Å². The maximum Gasteiger partial charge on any atom is 0.185 e. The fraction of sp³-hybridized carbons (Fsp3) is 0.320. The molecule has 0 aromatic heterocycles. The molecule has 1 fully saturated rings. The van der Waals surface area contributed by atoms with Gasteiger partial charge in [-0.3, -0.25) is 4.79 Å². The molecule has 2 aromatic carbocycles. The minimum atomic E-state index is 0.0707. The fourth-order valence-corrected chi connectivity index (χ4v) is 3.85. The van der Waals surface area contributed by atoms with Crippen molar-refractivity contribution in [3.8, 4) is 17.2 Å². The molecule has 4 heteroatoms. The lowest BCUT2D eigenvalue weighted by Gasteiger charge is -2.23. The van der Waals surface area contributed by atoms with Crippen molar-refractivity contribution in [3.05, 3.63) is 64.2 Å². The summed E-state index contributed by atoms with van der Waals surface area (Å²) in [6.07, 6.45) is 5.37. The number of allylic oxidation sites excluding steroid dienone is 2. The zero-order valence-corrected chi connectivity index (χ0v) is 17.7. The SMILES string of the molecule is COc1cccc(C)c1/C=C1\CC(C)C/C(=C\c2c(OC)cccc2OC)C1=O. The van der Waals surface area contributed by atoms with Crippen LogP contribution in [0.15, 0.2) is 47.5 Å². The molecule has 0 amide bonds. The molecule has 4 nitrogen and oxygen atoms in total. The number of ketones is 1. The minimum absolute atomic E-state index is 0.0707. The third kappa shape index (κ3) is 4.37. The van der Waals surface area contributed by atoms with E-state index in [1.54, 1.807) is 21.3 Å². The van der Waals surface area contributed by atoms with Gasteiger partial charge in [-0.05, 0) is 61.6 Å². The highest BCUT2D eigenvalue weighted by molar-refractivity contribution is 6.14. The topological polar surface area (TPSA) is 44.8 Å². The molecule has 2 aromatic rings. The summed E-state index contributed by atoms with van der Waals surface area (Å²) in [5.74, 6) is 2.59. The molecule has 0 spiro atoms. The van der Waals surface area contributed by atoms with Crippen molar-refractivity contribution in [1.29, 1.82) is 0 Å². The van der Waals surface area contributed by atoms with Crippen LogP contribution in [0.4, 0.5) is 0 Å². The number of ether oxygens (including phenoxy) is 3. The minimum Gasteiger partial charge on any atom is -0.496 e. The first-order valence-electron chi connectivity index (χ1n) is 9.78. The van der Waals surface area contributed by atoms with Crippen LogP contribution in [-0.2, 0) is 4.79 Å². The monoisotopic (exact) mass is 392 g/mol. The van der Waals surface area contributed by atoms with Crippen molar-refractivity contribution in [1.82, 2.24) is 0 Å². The number of carbonyl (C=O) groups excluding carboxylic acids is 1. The Morgan fingerprint density at radius 2 is 1.24 bits per heavy atom. The lowest BCUT2D eigenvalue weighted by Crippen LogP contribution is -2.18. The zero-order chi connectivity index (χ0) is 21.0. The molecule has 0 saturated heterocycles. The van der Waals surface area contributed by atoms with E-state index < -0.39 is 0 Å². The number of carbonyl (C=O) groups is 1. The number of rotatable bonds is 5. The molecule has 1 unspecified atom stereocenters. The van der Waals surface area contributed by atoms with Gasteiger partial charge < -0.3 is 14.2 Å². The van der Waals surface area contributed by atoms with Gasteiger partial charge in [-0.1, -0.05) is 25.1 Å². The molecule has 0 bridgehead atoms. The Hall–Kier alpha value is -3.01. The smallest absolute Gasteiger partial charge is 0.185 e. The summed E-state index contributed by atoms with van der Waals surface area (Å²) in [5, 5.41) is 0. The summed E-state index contributed by atoms with van der Waals surface area (Å²) in [7, 11) is 4.90. The van der Waals surface area contributed by atoms with Crippen molar-refractivity contribution >= 4 is 17.9 Å². The second-order valence-electron chi connectivity index (χ2n) is 7.45. The molecule has 0 heterocycles. The summed E-state index contributed by atoms with van der Waals surface area (Å²) in [6.45, 7) is 4.20. The fourth-order valence-electron chi connectivity index (χ4n) is 3.85. The number of benzene rings is 2. The third-order valence-corrected chi connectivity index (χ3v) is 5.33. The van der Waals surface area contributed by atoms with Gasteiger partial charge in [0, 0.05) is 16.7 Å². The van der Waals surface area contributed by atoms with E-state index >= 15 is 0 Å². The molecule has 3 rings (SSSR count). The Balaban J connectivity index is 2.07. The van der Waals surface area contributed by atoms with Crippen LogP contribution in [0.3, 0.4) is 0 Å². The predicted octanol–water partition coefficient (Wildman–Crippen LogP) is 5.49. The van der Waals surface area contributed by atoms with E-state index in [0.717, 1.165) is 46.4 Å². The standard InChI is InChI=1S/C25H28O4/c1-16-12-18(14-20-17(2)8-6-9-22(20)27-3)25(26)19(13-16)15-21-23(28-4)10-7-11-24(21)29-5/h6-11,14-16H,12-13H2,1-5H3/b18-14+,19-15+. The van der Waals surface area contributed by atoms with Crippen LogP contribution in [0.5, 0.6) is 17.2 Å². The highest BCUT2D eigenvalue weighted by Gasteiger charge is 2.26. The number of hydrogen-bond donors (Lipinski definition) is 0. The number of aryl methyl sites for hydroxylation is 1. The zero-order valence-electron chi connectivity index (χ0n) is 17.7. The van der Waals surface area contributed by atoms with Crippen LogP contribution < -0.4 is 14.2 Å². The predicted molar refractivity (Wildman–Crippen MR) is 117 cm³/mol. The van der Waals surface area contributed by atoms with E-state index in [2.05, 4.69) is 6.92 Å². The molecule has 1 saturated carbocycles. The Morgan fingerprint density at radius 3 is 1.76 bits per heavy atom. The maximum atomic E-state index is 13.3. The molecular weight excluding hydrogens is 364 g/mol. The van der Waals surface area contributed by atoms with Gasteiger partial charge in [-0.15, -0.1) is 0 Å². The van der Waals surface area contributed by atoms with Crippen LogP contribution in [0, 0.1) is 12.8 Å². The molecule has 29 heavy (non-hydrogen) atoms. The largest absolute Gasteiger partial charge is 0.496 e. The summed E-state index contributed by atoms with van der Waals surface area (Å²) in [5.41, 5.74) is 4.41. The highest BCUT2D eigenvalue weighted by Crippen LogP contribution is 2.37. The van der Waals surface area contributed by atoms with E-state index in [9.17, 15) is 4.79 Å². The Morgan fingerprint density at radius 1 is 0.793 bits per heavy atom. The summed E-state index contributed by atoms with van der Waals surface area (Å²) >= 11 is 0. The Bertz CT molecular complexity index is 947. The molecule has 0 aliphatic heterocycles. The van der Waals surface area contributed by atoms with Crippen LogP contribution in [0.25, 0.3) is 12.2 Å². The van der Waals surface area contributed by atoms with E-state index in [1.807, 2.05) is 55.5 Å². The van der Waals surface area contributed by atoms with Gasteiger partial charge in [0.15, 0.2) is 5.78 Å². The van der Waals surface area contributed by atoms with Gasteiger partial charge in [0.1, 0.15) is 17.2 Å². The van der Waals surface area contributed by atoms with E-state index in [4.69, 9.17) is 14.2 Å². The summed E-state index contributed by atoms with van der Waals surface area (Å²) < 4.78 is 16.5. The lowest BCUT2D eigenvalue weighted by atomic mass is 9.80. The first kappa shape index (κ1) is 20.7. The van der Waals surface area contributed by atoms with Crippen molar-refractivity contribution in [2.45, 2.75) is 26.7 Å². The van der Waals surface area contributed by atoms with E-state index in [0.29, 0.717) is 17.4 Å². The van der Waals surface area contributed by atoms with Crippen LogP contribution in [-0.4, -0.2) is 27.1 Å². The van der Waals surface area contributed by atoms with Crippen LogP contribution >= 0.6 is 0 Å². The van der Waals surface area contributed by atoms with Crippen molar-refractivity contribution in [2.75, 3.05) is 21.3 Å². The van der Waals surface area contributed by atoms with Crippen molar-refractivity contribution in [2.24, 2.45) is 5.92 Å². The average molecular weight is 392 g/mol. The first-order valence-corrected chi connectivity index (χ1v) is 9.78. The second kappa shape index (κ2) is 8.99. The molecular formula is C25H28O4. The number of Topliss-reactive ketones (excluding diaryl/α,β-unsaturated/α-hetero) is 1. The molecule has 1 aliphatic rings. The first-order chi connectivity index (χ1) is 14.0. The highest BCUT2D eigenvalue weighted by atomic mass is 16.5. The molecule has 1 aliphatic carbocycles.